The first-order valence-corrected chi connectivity index (χ1v) is 5.67. The quantitative estimate of drug-likeness (QED) is 0.675. The number of nitrogens with one attached hydrogen (secondary N) is 1. The summed E-state index contributed by atoms with van der Waals surface area (Å²) in [5, 5.41) is 1.86. The number of carbonyl (C=O) groups is 3. The second kappa shape index (κ2) is 6.62. The van der Waals surface area contributed by atoms with Crippen LogP contribution in [0, 0.1) is 5.92 Å². The van der Waals surface area contributed by atoms with Crippen molar-refractivity contribution in [2.24, 2.45) is 11.7 Å². The van der Waals surface area contributed by atoms with E-state index >= 15 is 0 Å². The van der Waals surface area contributed by atoms with Crippen molar-refractivity contribution in [2.75, 3.05) is 13.2 Å². The lowest BCUT2D eigenvalue weighted by Crippen LogP contribution is -2.45. The van der Waals surface area contributed by atoms with Crippen LogP contribution in [0.4, 0.5) is 4.79 Å². The van der Waals surface area contributed by atoms with Crippen LogP contribution in [0.15, 0.2) is 12.0 Å². The molecule has 1 atom stereocenters. The Bertz CT molecular complexity index is 404. The van der Waals surface area contributed by atoms with Gasteiger partial charge in [-0.15, -0.1) is 0 Å². The van der Waals surface area contributed by atoms with Crippen molar-refractivity contribution >= 4 is 17.9 Å². The predicted molar refractivity (Wildman–Crippen MR) is 62.4 cm³/mol. The van der Waals surface area contributed by atoms with Gasteiger partial charge in [0.05, 0.1) is 0 Å². The molecule has 106 valence electrons. The highest BCUT2D eigenvalue weighted by atomic mass is 16.6. The first kappa shape index (κ1) is 14.8. The van der Waals surface area contributed by atoms with Crippen molar-refractivity contribution in [2.45, 2.75) is 20.0 Å². The SMILES string of the molecule is CC(C)C(OC(=O)C1=COCCO1)C(=O)NC(N)=O. The largest absolute Gasteiger partial charge is 0.493 e. The van der Waals surface area contributed by atoms with Gasteiger partial charge < -0.3 is 19.9 Å². The molecule has 1 aliphatic rings. The monoisotopic (exact) mass is 272 g/mol. The second-order valence-electron chi connectivity index (χ2n) is 4.12. The summed E-state index contributed by atoms with van der Waals surface area (Å²) in [6.07, 6.45) is -0.0266. The van der Waals surface area contributed by atoms with Crippen LogP contribution in [0.25, 0.3) is 0 Å². The lowest BCUT2D eigenvalue weighted by molar-refractivity contribution is -0.158. The third-order valence-corrected chi connectivity index (χ3v) is 2.19. The maximum atomic E-state index is 11.7. The highest BCUT2D eigenvalue weighted by molar-refractivity contribution is 5.97. The van der Waals surface area contributed by atoms with Gasteiger partial charge in [-0.05, 0) is 5.92 Å². The Kier molecular flexibility index (Phi) is 5.16. The molecule has 0 radical (unpaired) electrons. The third-order valence-electron chi connectivity index (χ3n) is 2.19. The van der Waals surface area contributed by atoms with Gasteiger partial charge in [-0.3, -0.25) is 10.1 Å². The van der Waals surface area contributed by atoms with Gasteiger partial charge in [0.2, 0.25) is 5.76 Å². The Morgan fingerprint density at radius 2 is 2.05 bits per heavy atom. The van der Waals surface area contributed by atoms with Crippen molar-refractivity contribution in [3.05, 3.63) is 12.0 Å². The van der Waals surface area contributed by atoms with Crippen molar-refractivity contribution in [1.82, 2.24) is 5.32 Å². The number of esters is 1. The second-order valence-corrected chi connectivity index (χ2v) is 4.12. The number of amides is 3. The van der Waals surface area contributed by atoms with Gasteiger partial charge in [0, 0.05) is 0 Å². The van der Waals surface area contributed by atoms with Crippen LogP contribution >= 0.6 is 0 Å². The molecule has 8 heteroatoms. The zero-order valence-electron chi connectivity index (χ0n) is 10.7. The highest BCUT2D eigenvalue weighted by Crippen LogP contribution is 2.12. The van der Waals surface area contributed by atoms with Crippen LogP contribution in [0.1, 0.15) is 13.8 Å². The van der Waals surface area contributed by atoms with Gasteiger partial charge in [0.1, 0.15) is 19.5 Å². The molecule has 3 N–H and O–H groups in total. The van der Waals surface area contributed by atoms with E-state index in [1.807, 2.05) is 5.32 Å². The summed E-state index contributed by atoms with van der Waals surface area (Å²) in [6.45, 7) is 3.88. The molecule has 1 unspecified atom stereocenters. The van der Waals surface area contributed by atoms with E-state index in [-0.39, 0.29) is 18.3 Å². The molecule has 0 aromatic heterocycles. The smallest absolute Gasteiger partial charge is 0.377 e. The fourth-order valence-corrected chi connectivity index (χ4v) is 1.33. The van der Waals surface area contributed by atoms with E-state index in [0.29, 0.717) is 6.61 Å². The van der Waals surface area contributed by atoms with Crippen molar-refractivity contribution < 1.29 is 28.6 Å². The van der Waals surface area contributed by atoms with Crippen LogP contribution in [-0.2, 0) is 23.8 Å². The first-order chi connectivity index (χ1) is 8.91. The molecule has 3 amide bonds. The molecular weight excluding hydrogens is 256 g/mol. The summed E-state index contributed by atoms with van der Waals surface area (Å²) < 4.78 is 14.9. The fraction of sp³-hybridized carbons (Fsp3) is 0.545. The minimum atomic E-state index is -1.15. The van der Waals surface area contributed by atoms with Crippen molar-refractivity contribution in [3.63, 3.8) is 0 Å². The average Bonchev–Trinajstić information content (AvgIpc) is 2.35. The van der Waals surface area contributed by atoms with Crippen LogP contribution < -0.4 is 11.1 Å². The maximum absolute atomic E-state index is 11.7. The number of ether oxygens (including phenoxy) is 3. The number of primary amides is 1. The Balaban J connectivity index is 2.67. The fourth-order valence-electron chi connectivity index (χ4n) is 1.33. The molecule has 0 fully saturated rings. The number of hydrogen-bond acceptors (Lipinski definition) is 6. The number of urea groups is 1. The van der Waals surface area contributed by atoms with E-state index in [2.05, 4.69) is 0 Å². The first-order valence-electron chi connectivity index (χ1n) is 5.67. The molecule has 0 aromatic rings. The Hall–Kier alpha value is -2.25. The molecule has 0 aromatic carbocycles. The van der Waals surface area contributed by atoms with Gasteiger partial charge in [-0.2, -0.15) is 0 Å². The van der Waals surface area contributed by atoms with E-state index in [0.717, 1.165) is 6.26 Å². The number of carbonyl (C=O) groups excluding carboxylic acids is 3. The van der Waals surface area contributed by atoms with Gasteiger partial charge in [-0.1, -0.05) is 13.8 Å². The van der Waals surface area contributed by atoms with Crippen LogP contribution in [0.3, 0.4) is 0 Å². The third kappa shape index (κ3) is 4.49. The summed E-state index contributed by atoms with van der Waals surface area (Å²) in [5.74, 6) is -2.08. The molecule has 8 nitrogen and oxygen atoms in total. The molecule has 0 bridgehead atoms. The maximum Gasteiger partial charge on any atom is 0.377 e. The Morgan fingerprint density at radius 3 is 2.53 bits per heavy atom. The highest BCUT2D eigenvalue weighted by Gasteiger charge is 2.29. The average molecular weight is 272 g/mol. The number of imide groups is 1. The molecule has 0 saturated carbocycles. The molecule has 0 spiro atoms. The number of nitrogens with two attached hydrogens (primary N) is 1. The molecular formula is C11H16N2O6. The van der Waals surface area contributed by atoms with E-state index in [1.165, 1.54) is 0 Å². The Morgan fingerprint density at radius 1 is 1.37 bits per heavy atom. The summed E-state index contributed by atoms with van der Waals surface area (Å²) in [7, 11) is 0. The predicted octanol–water partition coefficient (Wildman–Crippen LogP) is -0.363. The number of hydrogen-bond donors (Lipinski definition) is 2. The minimum Gasteiger partial charge on any atom is -0.493 e. The summed E-state index contributed by atoms with van der Waals surface area (Å²) in [5.41, 5.74) is 4.84. The zero-order valence-corrected chi connectivity index (χ0v) is 10.7. The Labute approximate surface area is 109 Å². The molecule has 1 aliphatic heterocycles. The van der Waals surface area contributed by atoms with E-state index < -0.39 is 24.0 Å². The lowest BCUT2D eigenvalue weighted by atomic mass is 10.1. The summed E-state index contributed by atoms with van der Waals surface area (Å²) in [6, 6.07) is -1.01. The van der Waals surface area contributed by atoms with Crippen LogP contribution in [0.2, 0.25) is 0 Å². The van der Waals surface area contributed by atoms with E-state index in [1.54, 1.807) is 13.8 Å². The lowest BCUT2D eigenvalue weighted by Gasteiger charge is -2.21. The molecule has 0 aliphatic carbocycles. The molecule has 0 saturated heterocycles. The molecule has 1 heterocycles. The number of rotatable bonds is 4. The summed E-state index contributed by atoms with van der Waals surface area (Å²) in [4.78, 5) is 34.0. The molecule has 19 heavy (non-hydrogen) atoms. The topological polar surface area (TPSA) is 117 Å². The standard InChI is InChI=1S/C11H16N2O6/c1-6(2)8(9(14)13-11(12)16)19-10(15)7-5-17-3-4-18-7/h5-6,8H,3-4H2,1-2H3,(H3,12,13,14,16). The molecule has 1 rings (SSSR count). The van der Waals surface area contributed by atoms with Gasteiger partial charge in [-0.25, -0.2) is 9.59 Å². The van der Waals surface area contributed by atoms with E-state index in [4.69, 9.17) is 19.9 Å². The summed E-state index contributed by atoms with van der Waals surface area (Å²) >= 11 is 0. The van der Waals surface area contributed by atoms with Crippen LogP contribution in [-0.4, -0.2) is 37.2 Å². The van der Waals surface area contributed by atoms with Crippen LogP contribution in [0.5, 0.6) is 0 Å². The van der Waals surface area contributed by atoms with E-state index in [9.17, 15) is 14.4 Å². The zero-order chi connectivity index (χ0) is 14.4. The van der Waals surface area contributed by atoms with Gasteiger partial charge >= 0.3 is 12.0 Å². The normalized spacial score (nSPS) is 15.6. The minimum absolute atomic E-state index is 0.122. The van der Waals surface area contributed by atoms with Gasteiger partial charge in [0.25, 0.3) is 5.91 Å². The van der Waals surface area contributed by atoms with Crippen molar-refractivity contribution in [1.29, 1.82) is 0 Å². The van der Waals surface area contributed by atoms with Crippen molar-refractivity contribution in [3.8, 4) is 0 Å². The van der Waals surface area contributed by atoms with Gasteiger partial charge in [0.15, 0.2) is 6.10 Å².